The normalized spacial score (nSPS) is 12.0. The smallest absolute Gasteiger partial charge is 0.141 e. The molecule has 4 nitrogen and oxygen atoms in total. The van der Waals surface area contributed by atoms with Crippen LogP contribution in [-0.2, 0) is 6.42 Å². The fraction of sp³-hybridized carbons (Fsp3) is 0.312. The van der Waals surface area contributed by atoms with Gasteiger partial charge in [-0.2, -0.15) is 0 Å². The summed E-state index contributed by atoms with van der Waals surface area (Å²) in [4.78, 5) is 4.09. The fourth-order valence-electron chi connectivity index (χ4n) is 2.34. The Labute approximate surface area is 130 Å². The van der Waals surface area contributed by atoms with Crippen molar-refractivity contribution in [3.8, 4) is 11.5 Å². The van der Waals surface area contributed by atoms with Gasteiger partial charge in [-0.15, -0.1) is 0 Å². The Morgan fingerprint density at radius 3 is 2.62 bits per heavy atom. The van der Waals surface area contributed by atoms with Gasteiger partial charge in [-0.05, 0) is 43.3 Å². The number of likely N-dealkylation sites (N-methyl/N-ethyl adjacent to an activating group) is 1. The molecule has 1 N–H and O–H groups in total. The lowest BCUT2D eigenvalue weighted by Gasteiger charge is -2.20. The summed E-state index contributed by atoms with van der Waals surface area (Å²) < 4.78 is 10.8. The van der Waals surface area contributed by atoms with E-state index in [2.05, 4.69) is 10.3 Å². The zero-order valence-electron chi connectivity index (χ0n) is 12.4. The summed E-state index contributed by atoms with van der Waals surface area (Å²) in [6, 6.07) is 7.67. The summed E-state index contributed by atoms with van der Waals surface area (Å²) in [7, 11) is 5.23. The fourth-order valence-corrected chi connectivity index (χ4v) is 2.54. The van der Waals surface area contributed by atoms with Crippen LogP contribution in [0.2, 0.25) is 5.02 Å². The van der Waals surface area contributed by atoms with Crippen molar-refractivity contribution in [3.05, 3.63) is 52.8 Å². The molecule has 0 amide bonds. The van der Waals surface area contributed by atoms with Crippen LogP contribution in [0.4, 0.5) is 0 Å². The largest absolute Gasteiger partial charge is 0.496 e. The number of rotatable bonds is 6. The summed E-state index contributed by atoms with van der Waals surface area (Å²) in [5.41, 5.74) is 2.10. The van der Waals surface area contributed by atoms with Gasteiger partial charge in [0.1, 0.15) is 11.5 Å². The van der Waals surface area contributed by atoms with E-state index in [0.717, 1.165) is 29.0 Å². The minimum Gasteiger partial charge on any atom is -0.496 e. The molecule has 1 unspecified atom stereocenters. The molecule has 0 saturated heterocycles. The molecule has 0 aliphatic heterocycles. The van der Waals surface area contributed by atoms with Gasteiger partial charge in [0.15, 0.2) is 0 Å². The molecule has 0 aliphatic carbocycles. The molecule has 0 saturated carbocycles. The van der Waals surface area contributed by atoms with E-state index in [1.807, 2.05) is 31.3 Å². The molecule has 0 spiro atoms. The SMILES string of the molecule is CNC(Cc1cc(Cl)ccc1OC)c1ccncc1OC. The van der Waals surface area contributed by atoms with E-state index in [-0.39, 0.29) is 6.04 Å². The predicted molar refractivity (Wildman–Crippen MR) is 84.3 cm³/mol. The van der Waals surface area contributed by atoms with Gasteiger partial charge in [-0.25, -0.2) is 0 Å². The third-order valence-corrected chi connectivity index (χ3v) is 3.66. The first-order valence-corrected chi connectivity index (χ1v) is 7.05. The molecular weight excluding hydrogens is 288 g/mol. The van der Waals surface area contributed by atoms with Crippen LogP contribution in [0.1, 0.15) is 17.2 Å². The number of halogens is 1. The number of methoxy groups -OCH3 is 2. The molecule has 1 aromatic heterocycles. The van der Waals surface area contributed by atoms with Crippen molar-refractivity contribution in [2.45, 2.75) is 12.5 Å². The number of hydrogen-bond donors (Lipinski definition) is 1. The zero-order chi connectivity index (χ0) is 15.2. The van der Waals surface area contributed by atoms with Crippen LogP contribution < -0.4 is 14.8 Å². The van der Waals surface area contributed by atoms with Crippen molar-refractivity contribution in [1.82, 2.24) is 10.3 Å². The minimum atomic E-state index is 0.0790. The number of aromatic nitrogens is 1. The third-order valence-electron chi connectivity index (χ3n) is 3.43. The number of nitrogens with zero attached hydrogens (tertiary/aromatic N) is 1. The Bertz CT molecular complexity index is 605. The highest BCUT2D eigenvalue weighted by Crippen LogP contribution is 2.30. The Morgan fingerprint density at radius 2 is 1.95 bits per heavy atom. The molecule has 21 heavy (non-hydrogen) atoms. The van der Waals surface area contributed by atoms with E-state index in [4.69, 9.17) is 21.1 Å². The second kappa shape index (κ2) is 7.29. The summed E-state index contributed by atoms with van der Waals surface area (Å²) >= 11 is 6.09. The van der Waals surface area contributed by atoms with Crippen molar-refractivity contribution in [1.29, 1.82) is 0 Å². The predicted octanol–water partition coefficient (Wildman–Crippen LogP) is 3.26. The lowest BCUT2D eigenvalue weighted by atomic mass is 9.98. The van der Waals surface area contributed by atoms with Crippen molar-refractivity contribution in [2.75, 3.05) is 21.3 Å². The number of benzene rings is 1. The second-order valence-electron chi connectivity index (χ2n) is 4.62. The lowest BCUT2D eigenvalue weighted by molar-refractivity contribution is 0.394. The highest BCUT2D eigenvalue weighted by atomic mass is 35.5. The van der Waals surface area contributed by atoms with Crippen LogP contribution >= 0.6 is 11.6 Å². The molecule has 2 rings (SSSR count). The molecule has 0 aliphatic rings. The molecule has 1 heterocycles. The average Bonchev–Trinajstić information content (AvgIpc) is 2.52. The first-order chi connectivity index (χ1) is 10.2. The first-order valence-electron chi connectivity index (χ1n) is 6.67. The molecule has 1 aromatic carbocycles. The van der Waals surface area contributed by atoms with Gasteiger partial charge in [0, 0.05) is 22.8 Å². The van der Waals surface area contributed by atoms with E-state index in [9.17, 15) is 0 Å². The van der Waals surface area contributed by atoms with Gasteiger partial charge in [-0.1, -0.05) is 11.6 Å². The van der Waals surface area contributed by atoms with Crippen LogP contribution in [0.15, 0.2) is 36.7 Å². The molecule has 1 atom stereocenters. The van der Waals surface area contributed by atoms with E-state index in [1.54, 1.807) is 26.6 Å². The van der Waals surface area contributed by atoms with Crippen molar-refractivity contribution >= 4 is 11.6 Å². The van der Waals surface area contributed by atoms with Crippen LogP contribution in [-0.4, -0.2) is 26.3 Å². The van der Waals surface area contributed by atoms with Gasteiger partial charge < -0.3 is 14.8 Å². The van der Waals surface area contributed by atoms with E-state index < -0.39 is 0 Å². The highest BCUT2D eigenvalue weighted by molar-refractivity contribution is 6.30. The van der Waals surface area contributed by atoms with Crippen molar-refractivity contribution in [2.24, 2.45) is 0 Å². The van der Waals surface area contributed by atoms with Gasteiger partial charge >= 0.3 is 0 Å². The van der Waals surface area contributed by atoms with Crippen molar-refractivity contribution in [3.63, 3.8) is 0 Å². The van der Waals surface area contributed by atoms with Gasteiger partial charge in [-0.3, -0.25) is 4.98 Å². The van der Waals surface area contributed by atoms with Gasteiger partial charge in [0.05, 0.1) is 20.4 Å². The van der Waals surface area contributed by atoms with E-state index in [1.165, 1.54) is 0 Å². The maximum atomic E-state index is 6.09. The number of pyridine rings is 1. The van der Waals surface area contributed by atoms with Crippen LogP contribution in [0.5, 0.6) is 11.5 Å². The molecule has 2 aromatic rings. The molecule has 0 radical (unpaired) electrons. The summed E-state index contributed by atoms with van der Waals surface area (Å²) in [6.45, 7) is 0. The number of hydrogen-bond acceptors (Lipinski definition) is 4. The Kier molecular flexibility index (Phi) is 5.42. The Hall–Kier alpha value is -1.78. The molecule has 0 fully saturated rings. The Morgan fingerprint density at radius 1 is 1.19 bits per heavy atom. The maximum Gasteiger partial charge on any atom is 0.141 e. The van der Waals surface area contributed by atoms with Crippen LogP contribution in [0.3, 0.4) is 0 Å². The highest BCUT2D eigenvalue weighted by Gasteiger charge is 2.17. The summed E-state index contributed by atoms with van der Waals surface area (Å²) in [6.07, 6.45) is 4.22. The molecule has 112 valence electrons. The number of nitrogens with one attached hydrogen (secondary N) is 1. The van der Waals surface area contributed by atoms with Crippen molar-refractivity contribution < 1.29 is 9.47 Å². The second-order valence-corrected chi connectivity index (χ2v) is 5.06. The molecule has 0 bridgehead atoms. The first kappa shape index (κ1) is 15.6. The maximum absolute atomic E-state index is 6.09. The monoisotopic (exact) mass is 306 g/mol. The van der Waals surface area contributed by atoms with E-state index >= 15 is 0 Å². The molecular formula is C16H19ClN2O2. The van der Waals surface area contributed by atoms with Gasteiger partial charge in [0.25, 0.3) is 0 Å². The van der Waals surface area contributed by atoms with Crippen LogP contribution in [0, 0.1) is 0 Å². The van der Waals surface area contributed by atoms with E-state index in [0.29, 0.717) is 5.02 Å². The van der Waals surface area contributed by atoms with Gasteiger partial charge in [0.2, 0.25) is 0 Å². The minimum absolute atomic E-state index is 0.0790. The number of ether oxygens (including phenoxy) is 2. The van der Waals surface area contributed by atoms with Crippen LogP contribution in [0.25, 0.3) is 0 Å². The lowest BCUT2D eigenvalue weighted by Crippen LogP contribution is -2.20. The summed E-state index contributed by atoms with van der Waals surface area (Å²) in [5, 5.41) is 4.00. The zero-order valence-corrected chi connectivity index (χ0v) is 13.1. The molecule has 5 heteroatoms. The Balaban J connectivity index is 2.33. The topological polar surface area (TPSA) is 43.4 Å². The third kappa shape index (κ3) is 3.65. The standard InChI is InChI=1S/C16H19ClN2O2/c1-18-14(13-6-7-19-10-16(13)21-3)9-11-8-12(17)4-5-15(11)20-2/h4-8,10,14,18H,9H2,1-3H3. The average molecular weight is 307 g/mol. The summed E-state index contributed by atoms with van der Waals surface area (Å²) in [5.74, 6) is 1.59. The quantitative estimate of drug-likeness (QED) is 0.889.